The molecule has 22 heteroatoms. The van der Waals surface area contributed by atoms with Crippen LogP contribution in [0.3, 0.4) is 0 Å². The maximum atomic E-state index is 16.3. The van der Waals surface area contributed by atoms with E-state index in [0.29, 0.717) is 0 Å². The van der Waals surface area contributed by atoms with Crippen molar-refractivity contribution in [1.82, 2.24) is 0 Å². The van der Waals surface area contributed by atoms with Crippen LogP contribution in [0, 0.1) is 93.1 Å². The molecule has 0 aliphatic heterocycles. The van der Waals surface area contributed by atoms with Gasteiger partial charge in [0.05, 0.1) is 47.6 Å². The minimum Gasteiger partial charge on any atom is -0.491 e. The lowest BCUT2D eigenvalue weighted by molar-refractivity contribution is -0.923. The molecule has 1 saturated carbocycles. The molecule has 60 heavy (non-hydrogen) atoms. The first kappa shape index (κ1) is 47.7. The second-order valence-electron chi connectivity index (χ2n) is 13.4. The number of ether oxygens (including phenoxy) is 4. The maximum absolute atomic E-state index is 16.3. The molecule has 330 valence electrons. The van der Waals surface area contributed by atoms with Crippen LogP contribution in [0.25, 0.3) is 0 Å². The zero-order valence-corrected chi connectivity index (χ0v) is 32.3. The van der Waals surface area contributed by atoms with Crippen LogP contribution in [0.4, 0.5) is 70.2 Å². The highest BCUT2D eigenvalue weighted by Crippen LogP contribution is 2.36. The summed E-state index contributed by atoms with van der Waals surface area (Å²) in [4.78, 5) is 1.82. The van der Waals surface area contributed by atoms with Crippen molar-refractivity contribution in [2.75, 3.05) is 41.5 Å². The zero-order chi connectivity index (χ0) is 45.3. The summed E-state index contributed by atoms with van der Waals surface area (Å²) in [7, 11) is 1.07. The summed E-state index contributed by atoms with van der Waals surface area (Å²) in [6.07, 6.45) is 0.802. The van der Waals surface area contributed by atoms with Crippen LogP contribution in [0.2, 0.25) is 0 Å². The molecule has 0 radical (unpaired) electrons. The zero-order valence-electron chi connectivity index (χ0n) is 32.3. The molecule has 0 spiro atoms. The van der Waals surface area contributed by atoms with Crippen LogP contribution in [0.15, 0.2) is 0 Å². The van der Waals surface area contributed by atoms with Gasteiger partial charge in [-0.3, -0.25) is 0 Å². The Morgan fingerprint density at radius 3 is 0.800 bits per heavy atom. The number of halogens is 16. The van der Waals surface area contributed by atoms with Crippen molar-refractivity contribution in [2.45, 2.75) is 52.0 Å². The Morgan fingerprint density at radius 2 is 0.600 bits per heavy atom. The van der Waals surface area contributed by atoms with Crippen molar-refractivity contribution >= 4 is 28.0 Å². The molecule has 0 unspecified atom stereocenters. The van der Waals surface area contributed by atoms with E-state index in [4.69, 9.17) is 0 Å². The molecule has 5 nitrogen and oxygen atoms in total. The third-order valence-electron chi connectivity index (χ3n) is 10.7. The quantitative estimate of drug-likeness (QED) is 0.0803. The fourth-order valence-corrected chi connectivity index (χ4v) is 7.96. The average Bonchev–Trinajstić information content (AvgIpc) is 3.22. The predicted molar refractivity (Wildman–Crippen MR) is 185 cm³/mol. The number of quaternary nitrogens is 1. The highest BCUT2D eigenvalue weighted by Gasteiger charge is 2.52. The van der Waals surface area contributed by atoms with Gasteiger partial charge in [0.2, 0.25) is 23.3 Å². The molecule has 1 fully saturated rings. The van der Waals surface area contributed by atoms with Crippen LogP contribution in [-0.4, -0.2) is 53.7 Å². The molecule has 0 bridgehead atoms. The fraction of sp³-hybridized carbons (Fsp3) is 0.368. The van der Waals surface area contributed by atoms with Crippen molar-refractivity contribution < 1.29 is 94.1 Å². The average molecular weight is 883 g/mol. The largest absolute Gasteiger partial charge is 0.491 e. The van der Waals surface area contributed by atoms with Crippen LogP contribution in [-0.2, 0) is 0 Å². The topological polar surface area (TPSA) is 41.4 Å². The molecule has 0 aromatic heterocycles. The van der Waals surface area contributed by atoms with E-state index in [1.165, 1.54) is 45.2 Å². The van der Waals surface area contributed by atoms with E-state index in [9.17, 15) is 17.6 Å². The fourth-order valence-electron chi connectivity index (χ4n) is 7.96. The summed E-state index contributed by atoms with van der Waals surface area (Å²) in [6.45, 7) is 7.27. The Morgan fingerprint density at radius 1 is 0.367 bits per heavy atom. The van der Waals surface area contributed by atoms with Crippen molar-refractivity contribution in [1.29, 1.82) is 0 Å². The van der Waals surface area contributed by atoms with Crippen molar-refractivity contribution in [3.8, 4) is 23.0 Å². The number of methoxy groups -OCH3 is 4. The number of hydrogen-bond acceptors (Lipinski definition) is 4. The summed E-state index contributed by atoms with van der Waals surface area (Å²) in [6, 6.07) is 0.999. The van der Waals surface area contributed by atoms with E-state index in [0.717, 1.165) is 6.04 Å². The normalized spacial score (nSPS) is 13.4. The monoisotopic (exact) mass is 883 g/mol. The van der Waals surface area contributed by atoms with Gasteiger partial charge in [0.15, 0.2) is 46.3 Å². The van der Waals surface area contributed by atoms with Gasteiger partial charge in [0.1, 0.15) is 52.7 Å². The Balaban J connectivity index is 0.000000624. The van der Waals surface area contributed by atoms with Gasteiger partial charge in [-0.25, -0.2) is 52.7 Å². The van der Waals surface area contributed by atoms with Crippen molar-refractivity contribution in [2.24, 2.45) is 0 Å². The number of rotatable bonds is 11. The molecule has 1 aliphatic carbocycles. The number of hydrogen-bond donors (Lipinski definition) is 1. The van der Waals surface area contributed by atoms with E-state index in [2.05, 4.69) is 32.8 Å². The lowest BCUT2D eigenvalue weighted by Crippen LogP contribution is -3.15. The van der Waals surface area contributed by atoms with Crippen LogP contribution in [0.5, 0.6) is 23.0 Å². The molecule has 0 amide bonds. The first-order valence-corrected chi connectivity index (χ1v) is 17.9. The highest BCUT2D eigenvalue weighted by atomic mass is 19.2. The molecular formula is C38H34BF16NO4. The molecule has 1 aliphatic rings. The van der Waals surface area contributed by atoms with Gasteiger partial charge < -0.3 is 23.8 Å². The Bertz CT molecular complexity index is 1990. The summed E-state index contributed by atoms with van der Waals surface area (Å²) < 4.78 is 266. The molecule has 0 atom stereocenters. The van der Waals surface area contributed by atoms with Crippen LogP contribution in [0.1, 0.15) is 46.0 Å². The van der Waals surface area contributed by atoms with Crippen LogP contribution >= 0.6 is 0 Å². The minimum absolute atomic E-state index is 0.266. The predicted octanol–water partition coefficient (Wildman–Crippen LogP) is 6.57. The Labute approximate surface area is 331 Å². The van der Waals surface area contributed by atoms with Crippen molar-refractivity contribution in [3.63, 3.8) is 0 Å². The van der Waals surface area contributed by atoms with E-state index < -0.39 is 144 Å². The number of benzene rings is 4. The third-order valence-corrected chi connectivity index (χ3v) is 10.7. The first-order valence-electron chi connectivity index (χ1n) is 17.9. The standard InChI is InChI=1S/C28H12BF16O4.C10H21N/c1-46-25-13(34)5(9(30)17(38)21(25)42)29(6-10(31)18(39)22(43)26(47-2)14(6)35,7-11(32)19(40)23(44)27(48-3)15(7)36)8-12(33)20(41)24(45)28(49-4)16(8)37;1-3-11(4-2)10-8-6-5-7-9-10/h1-4H3;10H,3-9H2,1-2H3/q-1;/p+1. The summed E-state index contributed by atoms with van der Waals surface area (Å²) in [5, 5.41) is 0. The van der Waals surface area contributed by atoms with Crippen LogP contribution < -0.4 is 45.7 Å². The third kappa shape index (κ3) is 7.41. The van der Waals surface area contributed by atoms with Gasteiger partial charge in [0, 0.05) is 0 Å². The van der Waals surface area contributed by atoms with Gasteiger partial charge in [-0.2, -0.15) is 17.6 Å². The molecule has 5 rings (SSSR count). The van der Waals surface area contributed by atoms with Gasteiger partial charge in [-0.1, -0.05) is 6.42 Å². The molecule has 0 saturated heterocycles. The molecular weight excluding hydrogens is 849 g/mol. The summed E-state index contributed by atoms with van der Waals surface area (Å²) in [5.41, 5.74) is -11.8. The molecule has 0 heterocycles. The van der Waals surface area contributed by atoms with Crippen molar-refractivity contribution in [3.05, 3.63) is 93.1 Å². The minimum atomic E-state index is -6.61. The Hall–Kier alpha value is -5.02. The van der Waals surface area contributed by atoms with E-state index in [1.807, 2.05) is 4.90 Å². The van der Waals surface area contributed by atoms with E-state index in [-0.39, 0.29) is 28.4 Å². The molecule has 4 aromatic carbocycles. The lowest BCUT2D eigenvalue weighted by atomic mass is 9.12. The Kier molecular flexibility index (Phi) is 14.9. The SMILES string of the molecule is CC[NH+](CC)C1CCCCC1.COc1c(F)c(F)c(F)c([B-](c2c(F)c(F)c(F)c(OC)c2F)(c2c(F)c(F)c(F)c(OC)c2F)c2c(F)c(F)c(F)c(OC)c2F)c1F. The van der Waals surface area contributed by atoms with Gasteiger partial charge in [-0.05, 0) is 39.5 Å². The smallest absolute Gasteiger partial charge is 0.206 e. The highest BCUT2D eigenvalue weighted by molar-refractivity contribution is 7.20. The van der Waals surface area contributed by atoms with Gasteiger partial charge >= 0.3 is 0 Å². The molecule has 4 aromatic rings. The first-order chi connectivity index (χ1) is 28.2. The maximum Gasteiger partial charge on any atom is 0.206 e. The second kappa shape index (κ2) is 18.7. The van der Waals surface area contributed by atoms with Gasteiger partial charge in [0.25, 0.3) is 0 Å². The van der Waals surface area contributed by atoms with E-state index >= 15 is 52.7 Å². The second-order valence-corrected chi connectivity index (χ2v) is 13.4. The van der Waals surface area contributed by atoms with Gasteiger partial charge in [-0.15, -0.1) is 21.9 Å². The lowest BCUT2D eigenvalue weighted by Gasteiger charge is -2.45. The van der Waals surface area contributed by atoms with E-state index in [1.54, 1.807) is 0 Å². The summed E-state index contributed by atoms with van der Waals surface area (Å²) in [5.74, 6) is -57.2. The number of nitrogens with one attached hydrogen (secondary N) is 1. The summed E-state index contributed by atoms with van der Waals surface area (Å²) >= 11 is 0. The molecule has 1 N–H and O–H groups in total.